The number of carbonyl (C=O) groups excluding carboxylic acids is 1. The highest BCUT2D eigenvalue weighted by Crippen LogP contribution is 2.33. The van der Waals surface area contributed by atoms with Crippen molar-refractivity contribution in [2.75, 3.05) is 19.8 Å². The Balaban J connectivity index is 2.97. The van der Waals surface area contributed by atoms with E-state index in [2.05, 4.69) is 15.9 Å². The zero-order valence-electron chi connectivity index (χ0n) is 10.4. The van der Waals surface area contributed by atoms with Crippen LogP contribution in [-0.2, 0) is 18.5 Å². The van der Waals surface area contributed by atoms with Crippen LogP contribution in [0.15, 0.2) is 21.5 Å². The third kappa shape index (κ3) is 4.89. The van der Waals surface area contributed by atoms with Crippen molar-refractivity contribution in [3.8, 4) is 0 Å². The summed E-state index contributed by atoms with van der Waals surface area (Å²) in [6.45, 7) is 2.64. The summed E-state index contributed by atoms with van der Waals surface area (Å²) in [6, 6.07) is 2.39. The van der Waals surface area contributed by atoms with E-state index in [0.29, 0.717) is 6.61 Å². The number of halogens is 3. The first-order valence-corrected chi connectivity index (χ1v) is 8.94. The van der Waals surface area contributed by atoms with Crippen molar-refractivity contribution < 1.29 is 22.7 Å². The smallest absolute Gasteiger partial charge is 0.338 e. The zero-order valence-corrected chi connectivity index (χ0v) is 14.3. The lowest BCUT2D eigenvalue weighted by Crippen LogP contribution is -2.11. The largest absolute Gasteiger partial charge is 0.460 e. The number of esters is 1. The van der Waals surface area contributed by atoms with Crippen LogP contribution in [-0.4, -0.2) is 34.2 Å². The maximum atomic E-state index is 11.8. The van der Waals surface area contributed by atoms with Gasteiger partial charge in [-0.1, -0.05) is 11.6 Å². The van der Waals surface area contributed by atoms with Crippen LogP contribution in [0.5, 0.6) is 0 Å². The van der Waals surface area contributed by atoms with E-state index in [-0.39, 0.29) is 33.2 Å². The number of hydrogen-bond acceptors (Lipinski definition) is 5. The van der Waals surface area contributed by atoms with E-state index < -0.39 is 15.0 Å². The van der Waals surface area contributed by atoms with Gasteiger partial charge in [0.2, 0.25) is 0 Å². The quantitative estimate of drug-likeness (QED) is 0.412. The van der Waals surface area contributed by atoms with Gasteiger partial charge in [-0.05, 0) is 35.0 Å². The van der Waals surface area contributed by atoms with Gasteiger partial charge in [0.1, 0.15) is 6.61 Å². The maximum Gasteiger partial charge on any atom is 0.338 e. The molecule has 0 aliphatic rings. The van der Waals surface area contributed by atoms with Gasteiger partial charge in [0.05, 0.1) is 26.6 Å². The topological polar surface area (TPSA) is 69.7 Å². The van der Waals surface area contributed by atoms with Crippen LogP contribution in [0.2, 0.25) is 5.02 Å². The minimum absolute atomic E-state index is 0.00563. The fourth-order valence-corrected chi connectivity index (χ4v) is 3.66. The van der Waals surface area contributed by atoms with Crippen molar-refractivity contribution in [1.82, 2.24) is 0 Å². The molecule has 0 bridgehead atoms. The molecule has 20 heavy (non-hydrogen) atoms. The van der Waals surface area contributed by atoms with Crippen LogP contribution >= 0.6 is 38.2 Å². The monoisotopic (exact) mass is 404 g/mol. The molecule has 5 nitrogen and oxygen atoms in total. The average molecular weight is 406 g/mol. The molecule has 0 spiro atoms. The van der Waals surface area contributed by atoms with Crippen molar-refractivity contribution in [2.24, 2.45) is 0 Å². The van der Waals surface area contributed by atoms with Crippen LogP contribution in [0.1, 0.15) is 17.3 Å². The van der Waals surface area contributed by atoms with Gasteiger partial charge in [0.25, 0.3) is 9.05 Å². The first-order valence-electron chi connectivity index (χ1n) is 5.46. The SMILES string of the molecule is CCOCCOC(=O)c1cc(Cl)c(Br)c(S(=O)(=O)Cl)c1. The van der Waals surface area contributed by atoms with Crippen molar-refractivity contribution >= 4 is 53.2 Å². The van der Waals surface area contributed by atoms with Crippen LogP contribution < -0.4 is 0 Å². The highest BCUT2D eigenvalue weighted by molar-refractivity contribution is 9.10. The van der Waals surface area contributed by atoms with E-state index in [1.807, 2.05) is 6.92 Å². The van der Waals surface area contributed by atoms with Crippen LogP contribution in [0.25, 0.3) is 0 Å². The van der Waals surface area contributed by atoms with Gasteiger partial charge in [-0.25, -0.2) is 13.2 Å². The van der Waals surface area contributed by atoms with Crippen molar-refractivity contribution in [3.63, 3.8) is 0 Å². The predicted octanol–water partition coefficient (Wildman–Crippen LogP) is 3.22. The molecular formula is C11H11BrCl2O5S. The van der Waals surface area contributed by atoms with Crippen LogP contribution in [0.4, 0.5) is 0 Å². The highest BCUT2D eigenvalue weighted by Gasteiger charge is 2.21. The molecule has 0 aliphatic carbocycles. The van der Waals surface area contributed by atoms with Crippen LogP contribution in [0, 0.1) is 0 Å². The minimum atomic E-state index is -4.03. The van der Waals surface area contributed by atoms with Crippen molar-refractivity contribution in [3.05, 3.63) is 27.2 Å². The third-order valence-corrected chi connectivity index (χ3v) is 5.15. The molecule has 0 saturated heterocycles. The molecule has 9 heteroatoms. The zero-order chi connectivity index (χ0) is 15.3. The fraction of sp³-hybridized carbons (Fsp3) is 0.364. The molecule has 1 aromatic carbocycles. The molecule has 0 radical (unpaired) electrons. The first kappa shape index (κ1) is 17.7. The summed E-state index contributed by atoms with van der Waals surface area (Å²) in [5, 5.41) is 0.0449. The Bertz CT molecular complexity index is 603. The second-order valence-corrected chi connectivity index (χ2v) is 7.28. The van der Waals surface area contributed by atoms with Gasteiger partial charge in [-0.2, -0.15) is 0 Å². The number of ether oxygens (including phenoxy) is 2. The molecule has 0 aromatic heterocycles. The highest BCUT2D eigenvalue weighted by atomic mass is 79.9. The Hall–Kier alpha value is -0.340. The van der Waals surface area contributed by atoms with Gasteiger partial charge in [0.15, 0.2) is 0 Å². The lowest BCUT2D eigenvalue weighted by molar-refractivity contribution is 0.0335. The van der Waals surface area contributed by atoms with Crippen LogP contribution in [0.3, 0.4) is 0 Å². The molecule has 0 heterocycles. The lowest BCUT2D eigenvalue weighted by Gasteiger charge is -2.08. The van der Waals surface area contributed by atoms with Gasteiger partial charge in [-0.15, -0.1) is 0 Å². The first-order chi connectivity index (χ1) is 9.27. The van der Waals surface area contributed by atoms with E-state index >= 15 is 0 Å². The van der Waals surface area contributed by atoms with E-state index in [4.69, 9.17) is 31.8 Å². The Kier molecular flexibility index (Phi) is 6.74. The van der Waals surface area contributed by atoms with E-state index in [1.165, 1.54) is 6.07 Å². The third-order valence-electron chi connectivity index (χ3n) is 2.16. The number of hydrogen-bond donors (Lipinski definition) is 0. The standard InChI is InChI=1S/C11H11BrCl2O5S/c1-2-18-3-4-19-11(15)7-5-8(13)10(12)9(6-7)20(14,16)17/h5-6H,2-4H2,1H3. The van der Waals surface area contributed by atoms with E-state index in [9.17, 15) is 13.2 Å². The van der Waals surface area contributed by atoms with Gasteiger partial charge >= 0.3 is 5.97 Å². The molecular weight excluding hydrogens is 395 g/mol. The predicted molar refractivity (Wildman–Crippen MR) is 79.0 cm³/mol. The van der Waals surface area contributed by atoms with Gasteiger partial charge in [-0.3, -0.25) is 0 Å². The number of rotatable bonds is 6. The van der Waals surface area contributed by atoms with Gasteiger partial charge < -0.3 is 9.47 Å². The molecule has 112 valence electrons. The summed E-state index contributed by atoms with van der Waals surface area (Å²) < 4.78 is 32.8. The second-order valence-electron chi connectivity index (χ2n) is 3.54. The molecule has 0 saturated carbocycles. The lowest BCUT2D eigenvalue weighted by atomic mass is 10.2. The second kappa shape index (κ2) is 7.61. The normalized spacial score (nSPS) is 11.4. The molecule has 1 rings (SSSR count). The number of carbonyl (C=O) groups is 1. The summed E-state index contributed by atoms with van der Waals surface area (Å²) in [6.07, 6.45) is 0. The average Bonchev–Trinajstić information content (AvgIpc) is 2.36. The molecule has 0 unspecified atom stereocenters. The van der Waals surface area contributed by atoms with Crippen molar-refractivity contribution in [1.29, 1.82) is 0 Å². The molecule has 0 aliphatic heterocycles. The summed E-state index contributed by atoms with van der Waals surface area (Å²) in [5.41, 5.74) is -0.00563. The Morgan fingerprint density at radius 2 is 2.00 bits per heavy atom. The summed E-state index contributed by atoms with van der Waals surface area (Å²) >= 11 is 8.86. The van der Waals surface area contributed by atoms with E-state index in [1.54, 1.807) is 0 Å². The molecule has 0 atom stereocenters. The minimum Gasteiger partial charge on any atom is -0.460 e. The Morgan fingerprint density at radius 3 is 2.55 bits per heavy atom. The van der Waals surface area contributed by atoms with Crippen molar-refractivity contribution in [2.45, 2.75) is 11.8 Å². The van der Waals surface area contributed by atoms with Gasteiger partial charge in [0, 0.05) is 17.3 Å². The summed E-state index contributed by atoms with van der Waals surface area (Å²) in [4.78, 5) is 11.5. The molecule has 0 fully saturated rings. The Labute approximate surface area is 134 Å². The molecule has 0 amide bonds. The van der Waals surface area contributed by atoms with E-state index in [0.717, 1.165) is 6.07 Å². The molecule has 1 aromatic rings. The fourth-order valence-electron chi connectivity index (χ4n) is 1.28. The summed E-state index contributed by atoms with van der Waals surface area (Å²) in [5.74, 6) is -0.708. The number of benzene rings is 1. The Morgan fingerprint density at radius 1 is 1.35 bits per heavy atom. The summed E-state index contributed by atoms with van der Waals surface area (Å²) in [7, 11) is 1.24. The molecule has 0 N–H and O–H groups in total. The maximum absolute atomic E-state index is 11.8.